The van der Waals surface area contributed by atoms with E-state index < -0.39 is 0 Å². The summed E-state index contributed by atoms with van der Waals surface area (Å²) in [6.07, 6.45) is 3.13. The number of nitrogens with zero attached hydrogens (tertiary/aromatic N) is 1. The molecule has 0 radical (unpaired) electrons. The van der Waals surface area contributed by atoms with Crippen LogP contribution in [0.3, 0.4) is 0 Å². The quantitative estimate of drug-likeness (QED) is 0.782. The second-order valence-corrected chi connectivity index (χ2v) is 4.73. The topological polar surface area (TPSA) is 42.4 Å². The van der Waals surface area contributed by atoms with Gasteiger partial charge in [-0.2, -0.15) is 0 Å². The van der Waals surface area contributed by atoms with Crippen LogP contribution in [0.5, 0.6) is 11.5 Å². The fourth-order valence-corrected chi connectivity index (χ4v) is 2.09. The molecule has 0 saturated heterocycles. The molecule has 2 aromatic carbocycles. The van der Waals surface area contributed by atoms with Crippen molar-refractivity contribution in [3.8, 4) is 22.6 Å². The lowest BCUT2D eigenvalue weighted by Crippen LogP contribution is -1.95. The number of pyridine rings is 1. The van der Waals surface area contributed by atoms with Gasteiger partial charge >= 0.3 is 0 Å². The summed E-state index contributed by atoms with van der Waals surface area (Å²) in [5.41, 5.74) is 2.95. The van der Waals surface area contributed by atoms with E-state index in [9.17, 15) is 5.11 Å². The van der Waals surface area contributed by atoms with Crippen LogP contribution in [0.25, 0.3) is 11.1 Å². The van der Waals surface area contributed by atoms with E-state index in [0.717, 1.165) is 22.4 Å². The minimum Gasteiger partial charge on any atom is -0.506 e. The van der Waals surface area contributed by atoms with Crippen LogP contribution in [-0.4, -0.2) is 10.1 Å². The molecule has 3 rings (SSSR count). The first-order valence-electron chi connectivity index (χ1n) is 6.72. The lowest BCUT2D eigenvalue weighted by Gasteiger charge is -2.08. The summed E-state index contributed by atoms with van der Waals surface area (Å²) in [6.45, 7) is 0.530. The predicted molar refractivity (Wildman–Crippen MR) is 82.1 cm³/mol. The maximum Gasteiger partial charge on any atom is 0.134 e. The summed E-state index contributed by atoms with van der Waals surface area (Å²) in [7, 11) is 0. The van der Waals surface area contributed by atoms with Crippen molar-refractivity contribution in [1.82, 2.24) is 4.98 Å². The van der Waals surface area contributed by atoms with Crippen molar-refractivity contribution in [2.45, 2.75) is 6.61 Å². The standard InChI is InChI=1S/C18H15NO2/c20-17-9-16(11-19-12-17)15-7-4-8-18(10-15)21-13-14-5-2-1-3-6-14/h1-12,20H,13H2. The van der Waals surface area contributed by atoms with Gasteiger partial charge in [0.1, 0.15) is 18.1 Å². The first kappa shape index (κ1) is 13.2. The lowest BCUT2D eigenvalue weighted by molar-refractivity contribution is 0.306. The Balaban J connectivity index is 1.77. The molecule has 3 aromatic rings. The summed E-state index contributed by atoms with van der Waals surface area (Å²) in [5, 5.41) is 9.50. The van der Waals surface area contributed by atoms with E-state index in [0.29, 0.717) is 6.61 Å². The fraction of sp³-hybridized carbons (Fsp3) is 0.0556. The first-order valence-corrected chi connectivity index (χ1v) is 6.72. The van der Waals surface area contributed by atoms with Crippen LogP contribution in [-0.2, 0) is 6.61 Å². The smallest absolute Gasteiger partial charge is 0.134 e. The van der Waals surface area contributed by atoms with E-state index in [4.69, 9.17) is 4.74 Å². The minimum absolute atomic E-state index is 0.156. The molecule has 0 fully saturated rings. The van der Waals surface area contributed by atoms with Crippen LogP contribution in [0.2, 0.25) is 0 Å². The molecular weight excluding hydrogens is 262 g/mol. The van der Waals surface area contributed by atoms with Crippen LogP contribution in [0.4, 0.5) is 0 Å². The van der Waals surface area contributed by atoms with E-state index >= 15 is 0 Å². The van der Waals surface area contributed by atoms with Gasteiger partial charge in [-0.1, -0.05) is 42.5 Å². The Morgan fingerprint density at radius 3 is 2.52 bits per heavy atom. The van der Waals surface area contributed by atoms with E-state index in [1.54, 1.807) is 12.3 Å². The zero-order chi connectivity index (χ0) is 14.5. The molecule has 21 heavy (non-hydrogen) atoms. The monoisotopic (exact) mass is 277 g/mol. The van der Waals surface area contributed by atoms with E-state index in [1.807, 2.05) is 54.6 Å². The summed E-state index contributed by atoms with van der Waals surface area (Å²) >= 11 is 0. The molecule has 0 atom stereocenters. The van der Waals surface area contributed by atoms with Crippen molar-refractivity contribution in [2.75, 3.05) is 0 Å². The number of benzene rings is 2. The molecule has 0 spiro atoms. The Bertz CT molecular complexity index is 726. The van der Waals surface area contributed by atoms with Gasteiger partial charge in [-0.25, -0.2) is 0 Å². The number of hydrogen-bond acceptors (Lipinski definition) is 3. The Morgan fingerprint density at radius 2 is 1.71 bits per heavy atom. The Labute approximate surface area is 123 Å². The highest BCUT2D eigenvalue weighted by Gasteiger charge is 2.02. The molecule has 3 heteroatoms. The molecule has 1 heterocycles. The molecule has 3 nitrogen and oxygen atoms in total. The molecule has 104 valence electrons. The molecule has 0 aliphatic carbocycles. The minimum atomic E-state index is 0.156. The fourth-order valence-electron chi connectivity index (χ4n) is 2.09. The van der Waals surface area contributed by atoms with E-state index in [2.05, 4.69) is 4.98 Å². The zero-order valence-corrected chi connectivity index (χ0v) is 11.4. The Hall–Kier alpha value is -2.81. The average Bonchev–Trinajstić information content (AvgIpc) is 2.54. The van der Waals surface area contributed by atoms with Gasteiger partial charge in [0.15, 0.2) is 0 Å². The highest BCUT2D eigenvalue weighted by molar-refractivity contribution is 5.65. The third-order valence-corrected chi connectivity index (χ3v) is 3.14. The Kier molecular flexibility index (Phi) is 3.83. The SMILES string of the molecule is Oc1cncc(-c2cccc(OCc3ccccc3)c2)c1. The van der Waals surface area contributed by atoms with Crippen molar-refractivity contribution in [2.24, 2.45) is 0 Å². The second-order valence-electron chi connectivity index (χ2n) is 4.73. The molecular formula is C18H15NO2. The van der Waals surface area contributed by atoms with Gasteiger partial charge in [0, 0.05) is 11.8 Å². The summed E-state index contributed by atoms with van der Waals surface area (Å²) in [6, 6.07) is 19.5. The third kappa shape index (κ3) is 3.39. The number of aromatic nitrogens is 1. The van der Waals surface area contributed by atoms with Gasteiger partial charge in [-0.3, -0.25) is 4.98 Å². The number of hydrogen-bond donors (Lipinski definition) is 1. The highest BCUT2D eigenvalue weighted by atomic mass is 16.5. The van der Waals surface area contributed by atoms with Gasteiger partial charge in [0.2, 0.25) is 0 Å². The molecule has 0 bridgehead atoms. The molecule has 0 amide bonds. The van der Waals surface area contributed by atoms with Crippen LogP contribution in [0.1, 0.15) is 5.56 Å². The lowest BCUT2D eigenvalue weighted by atomic mass is 10.1. The van der Waals surface area contributed by atoms with Crippen LogP contribution < -0.4 is 4.74 Å². The maximum atomic E-state index is 9.50. The van der Waals surface area contributed by atoms with E-state index in [1.165, 1.54) is 6.20 Å². The van der Waals surface area contributed by atoms with Crippen molar-refractivity contribution in [1.29, 1.82) is 0 Å². The molecule has 0 aliphatic heterocycles. The summed E-state index contributed by atoms with van der Waals surface area (Å²) < 4.78 is 5.80. The number of rotatable bonds is 4. The van der Waals surface area contributed by atoms with Crippen molar-refractivity contribution < 1.29 is 9.84 Å². The summed E-state index contributed by atoms with van der Waals surface area (Å²) in [5.74, 6) is 0.947. The van der Waals surface area contributed by atoms with Crippen LogP contribution in [0, 0.1) is 0 Å². The van der Waals surface area contributed by atoms with Crippen LogP contribution >= 0.6 is 0 Å². The largest absolute Gasteiger partial charge is 0.506 e. The number of aromatic hydroxyl groups is 1. The average molecular weight is 277 g/mol. The highest BCUT2D eigenvalue weighted by Crippen LogP contribution is 2.25. The Morgan fingerprint density at radius 1 is 0.857 bits per heavy atom. The molecule has 1 N–H and O–H groups in total. The molecule has 0 aliphatic rings. The van der Waals surface area contributed by atoms with Gasteiger partial charge in [0.05, 0.1) is 6.20 Å². The molecule has 0 unspecified atom stereocenters. The van der Waals surface area contributed by atoms with Crippen molar-refractivity contribution >= 4 is 0 Å². The van der Waals surface area contributed by atoms with Gasteiger partial charge in [0.25, 0.3) is 0 Å². The molecule has 0 saturated carbocycles. The van der Waals surface area contributed by atoms with Gasteiger partial charge in [-0.05, 0) is 29.3 Å². The van der Waals surface area contributed by atoms with Crippen molar-refractivity contribution in [3.05, 3.63) is 78.6 Å². The second kappa shape index (κ2) is 6.09. The normalized spacial score (nSPS) is 10.3. The number of ether oxygens (including phenoxy) is 1. The zero-order valence-electron chi connectivity index (χ0n) is 11.4. The van der Waals surface area contributed by atoms with Gasteiger partial charge in [-0.15, -0.1) is 0 Å². The molecule has 1 aromatic heterocycles. The first-order chi connectivity index (χ1) is 10.3. The maximum absolute atomic E-state index is 9.50. The van der Waals surface area contributed by atoms with Crippen molar-refractivity contribution in [3.63, 3.8) is 0 Å². The summed E-state index contributed by atoms with van der Waals surface area (Å²) in [4.78, 5) is 3.99. The van der Waals surface area contributed by atoms with Crippen LogP contribution in [0.15, 0.2) is 73.1 Å². The third-order valence-electron chi connectivity index (χ3n) is 3.14. The van der Waals surface area contributed by atoms with Gasteiger partial charge < -0.3 is 9.84 Å². The van der Waals surface area contributed by atoms with E-state index in [-0.39, 0.29) is 5.75 Å². The predicted octanol–water partition coefficient (Wildman–Crippen LogP) is 4.03.